The summed E-state index contributed by atoms with van der Waals surface area (Å²) >= 11 is 0. The van der Waals surface area contributed by atoms with Gasteiger partial charge in [-0.25, -0.2) is 4.98 Å². The second-order valence-corrected chi connectivity index (χ2v) is 10.5. The molecule has 4 heterocycles. The highest BCUT2D eigenvalue weighted by Gasteiger charge is 2.46. The number of carbonyl (C=O) groups is 1. The summed E-state index contributed by atoms with van der Waals surface area (Å²) in [6.07, 6.45) is 12.0. The Bertz CT molecular complexity index is 1140. The molecular weight excluding hydrogens is 412 g/mol. The Balaban J connectivity index is 1.14. The van der Waals surface area contributed by atoms with E-state index in [2.05, 4.69) is 25.8 Å². The number of amides is 1. The van der Waals surface area contributed by atoms with Gasteiger partial charge in [0.1, 0.15) is 5.82 Å². The van der Waals surface area contributed by atoms with Gasteiger partial charge in [0.25, 0.3) is 5.56 Å². The summed E-state index contributed by atoms with van der Waals surface area (Å²) in [7, 11) is 0. The van der Waals surface area contributed by atoms with E-state index in [1.54, 1.807) is 11.6 Å². The first-order valence-electron chi connectivity index (χ1n) is 12.9. The molecule has 1 amide bonds. The number of carbonyl (C=O) groups excluding carboxylic acids is 1. The second kappa shape index (κ2) is 8.71. The van der Waals surface area contributed by atoms with Crippen LogP contribution in [0.3, 0.4) is 0 Å². The van der Waals surface area contributed by atoms with E-state index in [-0.39, 0.29) is 11.5 Å². The van der Waals surface area contributed by atoms with Gasteiger partial charge in [0.15, 0.2) is 0 Å². The molecule has 3 aliphatic heterocycles. The van der Waals surface area contributed by atoms with Gasteiger partial charge in [-0.05, 0) is 69.0 Å². The minimum Gasteiger partial charge on any atom is -0.336 e. The van der Waals surface area contributed by atoms with Crippen molar-refractivity contribution in [3.8, 4) is 0 Å². The number of rotatable bonds is 4. The number of H-pyrrole nitrogens is 1. The molecular formula is C27H34N4O2. The lowest BCUT2D eigenvalue weighted by molar-refractivity contribution is -0.136. The SMILES string of the molecule is O=C(CCCc1nc2ccccc2c(=O)[nH]1)N1CCCC2=C[C@H]3C[C@H](CN4CCCC[C@@H]34)[C@@H]21. The zero-order valence-electron chi connectivity index (χ0n) is 19.3. The molecule has 0 radical (unpaired) electrons. The number of hydrogen-bond donors (Lipinski definition) is 1. The van der Waals surface area contributed by atoms with Crippen molar-refractivity contribution < 1.29 is 4.79 Å². The number of aromatic nitrogens is 2. The summed E-state index contributed by atoms with van der Waals surface area (Å²) in [4.78, 5) is 38.1. The van der Waals surface area contributed by atoms with Crippen LogP contribution in [0.4, 0.5) is 0 Å². The zero-order valence-corrected chi connectivity index (χ0v) is 19.3. The number of nitrogens with zero attached hydrogens (tertiary/aromatic N) is 3. The van der Waals surface area contributed by atoms with E-state index in [9.17, 15) is 9.59 Å². The summed E-state index contributed by atoms with van der Waals surface area (Å²) < 4.78 is 0. The maximum atomic E-state index is 13.4. The summed E-state index contributed by atoms with van der Waals surface area (Å²) in [5.41, 5.74) is 2.16. The zero-order chi connectivity index (χ0) is 22.4. The molecule has 0 saturated carbocycles. The largest absolute Gasteiger partial charge is 0.336 e. The number of likely N-dealkylation sites (tertiary alicyclic amines) is 1. The molecule has 1 N–H and O–H groups in total. The predicted molar refractivity (Wildman–Crippen MR) is 129 cm³/mol. The molecule has 4 atom stereocenters. The minimum atomic E-state index is -0.0992. The first-order valence-corrected chi connectivity index (χ1v) is 12.9. The van der Waals surface area contributed by atoms with Gasteiger partial charge in [0, 0.05) is 32.0 Å². The topological polar surface area (TPSA) is 69.3 Å². The number of aryl methyl sites for hydroxylation is 1. The third kappa shape index (κ3) is 3.92. The van der Waals surface area contributed by atoms with Crippen LogP contribution in [0.5, 0.6) is 0 Å². The van der Waals surface area contributed by atoms with Gasteiger partial charge < -0.3 is 9.88 Å². The van der Waals surface area contributed by atoms with Crippen molar-refractivity contribution in [1.82, 2.24) is 19.8 Å². The van der Waals surface area contributed by atoms with E-state index in [0.29, 0.717) is 48.4 Å². The number of fused-ring (bicyclic) bond motifs is 7. The molecule has 2 bridgehead atoms. The fourth-order valence-corrected chi connectivity index (χ4v) is 7.06. The van der Waals surface area contributed by atoms with Crippen LogP contribution >= 0.6 is 0 Å². The van der Waals surface area contributed by atoms with Crippen molar-refractivity contribution in [2.24, 2.45) is 11.8 Å². The molecule has 33 heavy (non-hydrogen) atoms. The predicted octanol–water partition coefficient (Wildman–Crippen LogP) is 3.67. The maximum absolute atomic E-state index is 13.4. The molecule has 3 saturated heterocycles. The summed E-state index contributed by atoms with van der Waals surface area (Å²) in [5.74, 6) is 2.23. The lowest BCUT2D eigenvalue weighted by Crippen LogP contribution is -2.60. The lowest BCUT2D eigenvalue weighted by atomic mass is 9.68. The number of benzene rings is 1. The number of nitrogens with one attached hydrogen (secondary N) is 1. The Morgan fingerprint density at radius 1 is 1.15 bits per heavy atom. The Hall–Kier alpha value is -2.47. The normalized spacial score (nSPS) is 29.3. The first-order chi connectivity index (χ1) is 16.2. The van der Waals surface area contributed by atoms with Crippen molar-refractivity contribution in [1.29, 1.82) is 0 Å². The molecule has 1 aromatic carbocycles. The van der Waals surface area contributed by atoms with Crippen LogP contribution < -0.4 is 5.56 Å². The summed E-state index contributed by atoms with van der Waals surface area (Å²) in [6, 6.07) is 8.46. The molecule has 6 nitrogen and oxygen atoms in total. The highest BCUT2D eigenvalue weighted by atomic mass is 16.2. The fraction of sp³-hybridized carbons (Fsp3) is 0.593. The van der Waals surface area contributed by atoms with E-state index in [1.807, 2.05) is 18.2 Å². The molecule has 2 aromatic rings. The molecule has 6 heteroatoms. The van der Waals surface area contributed by atoms with E-state index in [4.69, 9.17) is 0 Å². The van der Waals surface area contributed by atoms with E-state index in [1.165, 1.54) is 32.2 Å². The van der Waals surface area contributed by atoms with Gasteiger partial charge in [0.05, 0.1) is 16.9 Å². The molecule has 0 spiro atoms. The van der Waals surface area contributed by atoms with Gasteiger partial charge in [-0.1, -0.05) is 30.2 Å². The van der Waals surface area contributed by atoms with E-state index >= 15 is 0 Å². The number of para-hydroxylation sites is 1. The van der Waals surface area contributed by atoms with Crippen molar-refractivity contribution >= 4 is 16.8 Å². The number of aromatic amines is 1. The van der Waals surface area contributed by atoms with Crippen molar-refractivity contribution in [2.45, 2.75) is 69.9 Å². The Labute approximate surface area is 195 Å². The van der Waals surface area contributed by atoms with Gasteiger partial charge >= 0.3 is 0 Å². The lowest BCUT2D eigenvalue weighted by Gasteiger charge is -2.54. The molecule has 6 rings (SSSR count). The molecule has 174 valence electrons. The molecule has 4 aliphatic rings. The van der Waals surface area contributed by atoms with E-state index in [0.717, 1.165) is 37.5 Å². The quantitative estimate of drug-likeness (QED) is 0.728. The summed E-state index contributed by atoms with van der Waals surface area (Å²) in [6.45, 7) is 3.28. The number of hydrogen-bond acceptors (Lipinski definition) is 4. The smallest absolute Gasteiger partial charge is 0.258 e. The molecule has 1 aromatic heterocycles. The van der Waals surface area contributed by atoms with Crippen LogP contribution in [0.1, 0.15) is 57.2 Å². The average Bonchev–Trinajstić information content (AvgIpc) is 2.84. The maximum Gasteiger partial charge on any atom is 0.258 e. The highest BCUT2D eigenvalue weighted by Crippen LogP contribution is 2.45. The van der Waals surface area contributed by atoms with Crippen molar-refractivity contribution in [2.75, 3.05) is 19.6 Å². The Kier molecular flexibility index (Phi) is 5.57. The van der Waals surface area contributed by atoms with Crippen LogP contribution in [0, 0.1) is 11.8 Å². The van der Waals surface area contributed by atoms with Crippen LogP contribution in [0.15, 0.2) is 40.7 Å². The van der Waals surface area contributed by atoms with Gasteiger partial charge in [-0.15, -0.1) is 0 Å². The molecule has 3 fully saturated rings. The van der Waals surface area contributed by atoms with Gasteiger partial charge in [0.2, 0.25) is 5.91 Å². The first kappa shape index (κ1) is 21.1. The van der Waals surface area contributed by atoms with Gasteiger partial charge in [-0.3, -0.25) is 14.5 Å². The van der Waals surface area contributed by atoms with Crippen molar-refractivity contribution in [3.05, 3.63) is 52.1 Å². The summed E-state index contributed by atoms with van der Waals surface area (Å²) in [5, 5.41) is 0.615. The van der Waals surface area contributed by atoms with Crippen molar-refractivity contribution in [3.63, 3.8) is 0 Å². The number of piperidine rings is 3. The molecule has 0 unspecified atom stereocenters. The third-order valence-corrected chi connectivity index (χ3v) is 8.44. The third-order valence-electron chi connectivity index (χ3n) is 8.44. The second-order valence-electron chi connectivity index (χ2n) is 10.5. The van der Waals surface area contributed by atoms with Crippen LogP contribution in [0.25, 0.3) is 10.9 Å². The minimum absolute atomic E-state index is 0.0992. The monoisotopic (exact) mass is 446 g/mol. The average molecular weight is 447 g/mol. The molecule has 1 aliphatic carbocycles. The fourth-order valence-electron chi connectivity index (χ4n) is 7.06. The van der Waals surface area contributed by atoms with Crippen LogP contribution in [-0.4, -0.2) is 57.4 Å². The van der Waals surface area contributed by atoms with Gasteiger partial charge in [-0.2, -0.15) is 0 Å². The highest BCUT2D eigenvalue weighted by molar-refractivity contribution is 5.78. The van der Waals surface area contributed by atoms with Crippen LogP contribution in [-0.2, 0) is 11.2 Å². The van der Waals surface area contributed by atoms with E-state index < -0.39 is 0 Å². The van der Waals surface area contributed by atoms with Crippen LogP contribution in [0.2, 0.25) is 0 Å². The Morgan fingerprint density at radius 3 is 3.00 bits per heavy atom. The Morgan fingerprint density at radius 2 is 2.06 bits per heavy atom. The standard InChI is InChI=1S/C27H34N4O2/c32-25(12-5-11-24-28-22-9-2-1-8-21(22)27(33)29-24)31-14-6-7-18-15-19-16-20(26(18)31)17-30-13-4-3-10-23(19)30/h1-2,8-9,15,19-20,23,26H,3-7,10-14,16-17H2,(H,28,29,33)/t19-,20+,23-,26+/m0/s1.